The molecule has 5 nitrogen and oxygen atoms in total. The van der Waals surface area contributed by atoms with E-state index in [9.17, 15) is 9.90 Å². The molecular weight excluding hydrogens is 256 g/mol. The monoisotopic (exact) mass is 278 g/mol. The summed E-state index contributed by atoms with van der Waals surface area (Å²) < 4.78 is 5.65. The van der Waals surface area contributed by atoms with E-state index in [1.807, 2.05) is 24.3 Å². The van der Waals surface area contributed by atoms with Crippen LogP contribution in [0.2, 0.25) is 0 Å². The quantitative estimate of drug-likeness (QED) is 0.552. The Bertz CT molecular complexity index is 425. The molecule has 0 bridgehead atoms. The van der Waals surface area contributed by atoms with Crippen molar-refractivity contribution in [3.8, 4) is 5.75 Å². The second-order valence-electron chi connectivity index (χ2n) is 5.01. The van der Waals surface area contributed by atoms with Gasteiger partial charge in [-0.25, -0.2) is 0 Å². The number of amides is 1. The van der Waals surface area contributed by atoms with E-state index in [0.29, 0.717) is 19.6 Å². The van der Waals surface area contributed by atoms with Crippen LogP contribution in [0.25, 0.3) is 0 Å². The predicted molar refractivity (Wildman–Crippen MR) is 76.3 cm³/mol. The van der Waals surface area contributed by atoms with E-state index in [-0.39, 0.29) is 6.23 Å². The van der Waals surface area contributed by atoms with E-state index < -0.39 is 0 Å². The van der Waals surface area contributed by atoms with Gasteiger partial charge in [0.1, 0.15) is 12.0 Å². The summed E-state index contributed by atoms with van der Waals surface area (Å²) >= 11 is 0. The number of nitrogens with one attached hydrogen (secondary N) is 1. The molecule has 0 aromatic heterocycles. The number of aliphatic hydroxyl groups excluding tert-OH is 1. The zero-order chi connectivity index (χ0) is 14.2. The van der Waals surface area contributed by atoms with E-state index in [1.165, 1.54) is 0 Å². The fourth-order valence-electron chi connectivity index (χ4n) is 2.38. The zero-order valence-corrected chi connectivity index (χ0v) is 11.6. The van der Waals surface area contributed by atoms with E-state index in [1.54, 1.807) is 0 Å². The molecule has 1 fully saturated rings. The molecule has 0 saturated carbocycles. The molecule has 2 rings (SSSR count). The van der Waals surface area contributed by atoms with E-state index in [2.05, 4.69) is 10.2 Å². The van der Waals surface area contributed by atoms with Gasteiger partial charge in [-0.15, -0.1) is 0 Å². The van der Waals surface area contributed by atoms with E-state index in [0.717, 1.165) is 43.7 Å². The minimum atomic E-state index is -0.311. The van der Waals surface area contributed by atoms with Gasteiger partial charge in [0.05, 0.1) is 6.61 Å². The van der Waals surface area contributed by atoms with Crippen molar-refractivity contribution in [1.29, 1.82) is 0 Å². The standard InChI is InChI=1S/C15H22N2O3/c18-12-16-7-3-9-20-14-5-1-4-13(10-14)11-17-8-2-6-15(17)19/h1,4-5,10,12,15,19H,2-3,6-9,11H2,(H,16,18). The van der Waals surface area contributed by atoms with Crippen LogP contribution in [0, 0.1) is 0 Å². The second-order valence-corrected chi connectivity index (χ2v) is 5.01. The Morgan fingerprint density at radius 1 is 1.50 bits per heavy atom. The van der Waals surface area contributed by atoms with Crippen molar-refractivity contribution in [2.24, 2.45) is 0 Å². The molecule has 1 heterocycles. The van der Waals surface area contributed by atoms with Crippen LogP contribution in [-0.2, 0) is 11.3 Å². The van der Waals surface area contributed by atoms with Gasteiger partial charge in [0.2, 0.25) is 6.41 Å². The Hall–Kier alpha value is -1.59. The highest BCUT2D eigenvalue weighted by atomic mass is 16.5. The number of nitrogens with zero attached hydrogens (tertiary/aromatic N) is 1. The molecule has 110 valence electrons. The molecule has 1 saturated heterocycles. The summed E-state index contributed by atoms with van der Waals surface area (Å²) in [4.78, 5) is 12.2. The fraction of sp³-hybridized carbons (Fsp3) is 0.533. The molecule has 1 unspecified atom stereocenters. The number of rotatable bonds is 8. The van der Waals surface area contributed by atoms with Crippen molar-refractivity contribution >= 4 is 6.41 Å². The fourth-order valence-corrected chi connectivity index (χ4v) is 2.38. The number of carbonyl (C=O) groups excluding carboxylic acids is 1. The average Bonchev–Trinajstić information content (AvgIpc) is 2.85. The Morgan fingerprint density at radius 3 is 3.15 bits per heavy atom. The van der Waals surface area contributed by atoms with Crippen molar-refractivity contribution in [3.63, 3.8) is 0 Å². The highest BCUT2D eigenvalue weighted by molar-refractivity contribution is 5.45. The number of ether oxygens (including phenoxy) is 1. The molecule has 1 atom stereocenters. The van der Waals surface area contributed by atoms with Gasteiger partial charge >= 0.3 is 0 Å². The molecule has 1 amide bonds. The van der Waals surface area contributed by atoms with Crippen LogP contribution in [0.1, 0.15) is 24.8 Å². The predicted octanol–water partition coefficient (Wildman–Crippen LogP) is 1.12. The van der Waals surface area contributed by atoms with Crippen molar-refractivity contribution < 1.29 is 14.6 Å². The van der Waals surface area contributed by atoms with Crippen molar-refractivity contribution in [1.82, 2.24) is 10.2 Å². The number of likely N-dealkylation sites (tertiary alicyclic amines) is 1. The molecule has 20 heavy (non-hydrogen) atoms. The summed E-state index contributed by atoms with van der Waals surface area (Å²) in [5.74, 6) is 0.835. The van der Waals surface area contributed by atoms with Crippen LogP contribution in [0.15, 0.2) is 24.3 Å². The molecule has 0 spiro atoms. The largest absolute Gasteiger partial charge is 0.494 e. The van der Waals surface area contributed by atoms with Crippen molar-refractivity contribution in [2.45, 2.75) is 32.0 Å². The number of hydrogen-bond donors (Lipinski definition) is 2. The second kappa shape index (κ2) is 7.87. The number of benzene rings is 1. The van der Waals surface area contributed by atoms with Crippen LogP contribution in [0.4, 0.5) is 0 Å². The lowest BCUT2D eigenvalue weighted by Crippen LogP contribution is -2.28. The lowest BCUT2D eigenvalue weighted by atomic mass is 10.2. The maximum absolute atomic E-state index is 10.1. The molecule has 2 N–H and O–H groups in total. The minimum Gasteiger partial charge on any atom is -0.494 e. The smallest absolute Gasteiger partial charge is 0.207 e. The first-order chi connectivity index (χ1) is 9.79. The third-order valence-corrected chi connectivity index (χ3v) is 3.43. The van der Waals surface area contributed by atoms with Gasteiger partial charge in [-0.3, -0.25) is 9.69 Å². The molecule has 0 aliphatic carbocycles. The first-order valence-corrected chi connectivity index (χ1v) is 7.10. The van der Waals surface area contributed by atoms with Crippen LogP contribution >= 0.6 is 0 Å². The summed E-state index contributed by atoms with van der Waals surface area (Å²) in [7, 11) is 0. The van der Waals surface area contributed by atoms with Crippen molar-refractivity contribution in [2.75, 3.05) is 19.7 Å². The lowest BCUT2D eigenvalue weighted by molar-refractivity contribution is -0.109. The Labute approximate surface area is 119 Å². The normalized spacial score (nSPS) is 18.9. The van der Waals surface area contributed by atoms with Crippen LogP contribution in [0.5, 0.6) is 5.75 Å². The van der Waals surface area contributed by atoms with Crippen LogP contribution < -0.4 is 10.1 Å². The summed E-state index contributed by atoms with van der Waals surface area (Å²) in [5.41, 5.74) is 1.15. The maximum atomic E-state index is 10.1. The van der Waals surface area contributed by atoms with Gasteiger partial charge in [-0.1, -0.05) is 12.1 Å². The van der Waals surface area contributed by atoms with Gasteiger partial charge < -0.3 is 15.2 Å². The molecule has 1 aromatic carbocycles. The topological polar surface area (TPSA) is 61.8 Å². The van der Waals surface area contributed by atoms with E-state index >= 15 is 0 Å². The SMILES string of the molecule is O=CNCCCOc1cccc(CN2CCCC2O)c1. The van der Waals surface area contributed by atoms with Gasteiger partial charge in [-0.05, 0) is 37.0 Å². The van der Waals surface area contributed by atoms with Gasteiger partial charge in [-0.2, -0.15) is 0 Å². The summed E-state index contributed by atoms with van der Waals surface area (Å²) in [6.07, 6.45) is 3.09. The van der Waals surface area contributed by atoms with E-state index in [4.69, 9.17) is 4.74 Å². The molecular formula is C15H22N2O3. The average molecular weight is 278 g/mol. The lowest BCUT2D eigenvalue weighted by Gasteiger charge is -2.20. The van der Waals surface area contributed by atoms with Crippen LogP contribution in [-0.4, -0.2) is 42.3 Å². The zero-order valence-electron chi connectivity index (χ0n) is 11.6. The molecule has 0 radical (unpaired) electrons. The highest BCUT2D eigenvalue weighted by Gasteiger charge is 2.21. The molecule has 5 heteroatoms. The number of carbonyl (C=O) groups is 1. The first-order valence-electron chi connectivity index (χ1n) is 7.10. The van der Waals surface area contributed by atoms with Gasteiger partial charge in [0.15, 0.2) is 0 Å². The molecule has 1 aromatic rings. The Kier molecular flexibility index (Phi) is 5.83. The molecule has 1 aliphatic heterocycles. The Morgan fingerprint density at radius 2 is 2.40 bits per heavy atom. The van der Waals surface area contributed by atoms with Gasteiger partial charge in [0.25, 0.3) is 0 Å². The maximum Gasteiger partial charge on any atom is 0.207 e. The summed E-state index contributed by atoms with van der Waals surface area (Å²) in [5, 5.41) is 12.4. The first kappa shape index (κ1) is 14.8. The van der Waals surface area contributed by atoms with Crippen LogP contribution in [0.3, 0.4) is 0 Å². The number of aliphatic hydroxyl groups is 1. The third-order valence-electron chi connectivity index (χ3n) is 3.43. The van der Waals surface area contributed by atoms with Crippen molar-refractivity contribution in [3.05, 3.63) is 29.8 Å². The van der Waals surface area contributed by atoms with Gasteiger partial charge in [0, 0.05) is 19.6 Å². The summed E-state index contributed by atoms with van der Waals surface area (Å²) in [6, 6.07) is 7.96. The summed E-state index contributed by atoms with van der Waals surface area (Å²) in [6.45, 7) is 2.91. The third kappa shape index (κ3) is 4.51. The Balaban J connectivity index is 1.79. The number of hydrogen-bond acceptors (Lipinski definition) is 4. The molecule has 1 aliphatic rings. The minimum absolute atomic E-state index is 0.311. The highest BCUT2D eigenvalue weighted by Crippen LogP contribution is 2.20.